The van der Waals surface area contributed by atoms with E-state index < -0.39 is 4.92 Å². The van der Waals surface area contributed by atoms with Crippen molar-refractivity contribution in [1.29, 1.82) is 0 Å². The maximum absolute atomic E-state index is 10.9. The third-order valence-corrected chi connectivity index (χ3v) is 4.76. The van der Waals surface area contributed by atoms with Crippen LogP contribution in [0.1, 0.15) is 17.5 Å². The zero-order valence-corrected chi connectivity index (χ0v) is 13.0. The van der Waals surface area contributed by atoms with E-state index in [9.17, 15) is 10.1 Å². The summed E-state index contributed by atoms with van der Waals surface area (Å²) in [6.45, 7) is 1.79. The van der Waals surface area contributed by atoms with Crippen LogP contribution in [-0.2, 0) is 16.8 Å². The molecule has 0 amide bonds. The third-order valence-electron chi connectivity index (χ3n) is 4.76. The van der Waals surface area contributed by atoms with Gasteiger partial charge in [-0.2, -0.15) is 4.98 Å². The van der Waals surface area contributed by atoms with Gasteiger partial charge in [0.25, 0.3) is 0 Å². The molecule has 1 aliphatic heterocycles. The molecule has 2 aromatic rings. The van der Waals surface area contributed by atoms with Crippen molar-refractivity contribution in [3.63, 3.8) is 0 Å². The van der Waals surface area contributed by atoms with Crippen LogP contribution in [0, 0.1) is 10.1 Å². The van der Waals surface area contributed by atoms with Crippen LogP contribution in [0.2, 0.25) is 0 Å². The summed E-state index contributed by atoms with van der Waals surface area (Å²) in [6.07, 6.45) is 3.06. The molecule has 2 heterocycles. The first-order valence-corrected chi connectivity index (χ1v) is 7.83. The van der Waals surface area contributed by atoms with Gasteiger partial charge in [0.1, 0.15) is 11.8 Å². The van der Waals surface area contributed by atoms with E-state index in [1.807, 2.05) is 17.0 Å². The summed E-state index contributed by atoms with van der Waals surface area (Å²) >= 11 is 0. The molecule has 2 N–H and O–H groups in total. The predicted octanol–water partition coefficient (Wildman–Crippen LogP) is 1.65. The van der Waals surface area contributed by atoms with Gasteiger partial charge in [-0.05, 0) is 24.0 Å². The van der Waals surface area contributed by atoms with Gasteiger partial charge in [-0.25, -0.2) is 4.98 Å². The lowest BCUT2D eigenvalue weighted by atomic mass is 9.94. The van der Waals surface area contributed by atoms with Crippen molar-refractivity contribution in [2.45, 2.75) is 18.4 Å². The first kappa shape index (κ1) is 14.8. The van der Waals surface area contributed by atoms with Gasteiger partial charge in [0.05, 0.1) is 18.1 Å². The van der Waals surface area contributed by atoms with E-state index in [1.54, 1.807) is 0 Å². The molecule has 1 atom stereocenters. The zero-order valence-electron chi connectivity index (χ0n) is 13.0. The van der Waals surface area contributed by atoms with Crippen molar-refractivity contribution in [3.8, 4) is 0 Å². The van der Waals surface area contributed by atoms with E-state index in [0.717, 1.165) is 12.8 Å². The number of benzene rings is 1. The second kappa shape index (κ2) is 5.41. The van der Waals surface area contributed by atoms with Crippen LogP contribution < -0.4 is 10.6 Å². The van der Waals surface area contributed by atoms with Crippen LogP contribution in [0.4, 0.5) is 17.5 Å². The van der Waals surface area contributed by atoms with Crippen LogP contribution >= 0.6 is 0 Å². The topological polar surface area (TPSA) is 107 Å². The first-order chi connectivity index (χ1) is 11.6. The molecule has 2 aliphatic rings. The number of rotatable bonds is 2. The van der Waals surface area contributed by atoms with Gasteiger partial charge in [-0.3, -0.25) is 10.1 Å². The molecule has 1 aliphatic carbocycles. The van der Waals surface area contributed by atoms with Crippen LogP contribution in [0.15, 0.2) is 30.5 Å². The second-order valence-corrected chi connectivity index (χ2v) is 6.12. The molecular weight excluding hydrogens is 310 g/mol. The number of hydrogen-bond acceptors (Lipinski definition) is 7. The lowest BCUT2D eigenvalue weighted by molar-refractivity contribution is -0.384. The Morgan fingerprint density at radius 1 is 1.38 bits per heavy atom. The van der Waals surface area contributed by atoms with Crippen molar-refractivity contribution in [3.05, 3.63) is 51.7 Å². The van der Waals surface area contributed by atoms with Crippen LogP contribution in [0.5, 0.6) is 0 Å². The summed E-state index contributed by atoms with van der Waals surface area (Å²) < 4.78 is 6.16. The fraction of sp³-hybridized carbons (Fsp3) is 0.375. The average Bonchev–Trinajstić information content (AvgIpc) is 2.93. The first-order valence-electron chi connectivity index (χ1n) is 7.83. The molecule has 1 unspecified atom stereocenters. The molecule has 0 radical (unpaired) electrons. The number of aryl methyl sites for hydroxylation is 1. The minimum absolute atomic E-state index is 0.114. The molecule has 1 fully saturated rings. The van der Waals surface area contributed by atoms with Crippen molar-refractivity contribution in [2.75, 3.05) is 30.3 Å². The molecule has 8 heteroatoms. The van der Waals surface area contributed by atoms with Crippen LogP contribution in [-0.4, -0.2) is 34.6 Å². The number of morpholine rings is 1. The summed E-state index contributed by atoms with van der Waals surface area (Å²) in [7, 11) is 0. The van der Waals surface area contributed by atoms with Gasteiger partial charge < -0.3 is 15.4 Å². The van der Waals surface area contributed by atoms with E-state index in [0.29, 0.717) is 25.6 Å². The fourth-order valence-electron chi connectivity index (χ4n) is 3.60. The van der Waals surface area contributed by atoms with E-state index in [-0.39, 0.29) is 17.1 Å². The maximum atomic E-state index is 10.9. The van der Waals surface area contributed by atoms with Gasteiger partial charge in [0, 0.05) is 6.54 Å². The summed E-state index contributed by atoms with van der Waals surface area (Å²) in [5.41, 5.74) is 7.58. The Labute approximate surface area is 138 Å². The number of ether oxygens (including phenoxy) is 1. The Bertz CT molecular complexity index is 808. The number of hydrogen-bond donors (Lipinski definition) is 1. The zero-order chi connectivity index (χ0) is 16.7. The number of nitrogens with two attached hydrogens (primary N) is 1. The smallest absolute Gasteiger partial charge is 0.329 e. The minimum atomic E-state index is -0.576. The van der Waals surface area contributed by atoms with Crippen molar-refractivity contribution in [2.24, 2.45) is 0 Å². The number of fused-ring (bicyclic) bond motifs is 2. The highest BCUT2D eigenvalue weighted by atomic mass is 16.6. The van der Waals surface area contributed by atoms with Crippen LogP contribution in [0.3, 0.4) is 0 Å². The Hall–Kier alpha value is -2.74. The molecule has 24 heavy (non-hydrogen) atoms. The lowest BCUT2D eigenvalue weighted by Gasteiger charge is -2.41. The molecule has 8 nitrogen and oxygen atoms in total. The number of nitrogen functional groups attached to an aromatic ring is 1. The van der Waals surface area contributed by atoms with Gasteiger partial charge >= 0.3 is 5.69 Å². The normalized spacial score (nSPS) is 22.6. The van der Waals surface area contributed by atoms with Gasteiger partial charge in [0.2, 0.25) is 11.8 Å². The molecule has 124 valence electrons. The van der Waals surface area contributed by atoms with Crippen LogP contribution in [0.25, 0.3) is 0 Å². The third kappa shape index (κ3) is 2.26. The van der Waals surface area contributed by atoms with Crippen molar-refractivity contribution >= 4 is 17.5 Å². The Kier molecular flexibility index (Phi) is 3.34. The molecule has 1 aromatic carbocycles. The Balaban J connectivity index is 1.65. The SMILES string of the molecule is Nc1nc(N2CCOC3(CCc4ccccc43)C2)ncc1[N+](=O)[O-]. The molecule has 0 bridgehead atoms. The summed E-state index contributed by atoms with van der Waals surface area (Å²) in [6, 6.07) is 8.30. The average molecular weight is 327 g/mol. The monoisotopic (exact) mass is 327 g/mol. The largest absolute Gasteiger partial charge is 0.378 e. The van der Waals surface area contributed by atoms with Gasteiger partial charge in [-0.1, -0.05) is 24.3 Å². The number of aromatic nitrogens is 2. The molecule has 4 rings (SSSR count). The summed E-state index contributed by atoms with van der Waals surface area (Å²) in [5.74, 6) is 0.294. The van der Waals surface area contributed by atoms with E-state index in [1.165, 1.54) is 17.3 Å². The highest BCUT2D eigenvalue weighted by Crippen LogP contribution is 2.42. The van der Waals surface area contributed by atoms with Gasteiger partial charge in [0.15, 0.2) is 0 Å². The standard InChI is InChI=1S/C16H17N5O3/c17-14-13(21(22)23)9-18-15(19-14)20-7-8-24-16(10-20)6-5-11-3-1-2-4-12(11)16/h1-4,9H,5-8,10H2,(H2,17,18,19). The molecular formula is C16H17N5O3. The predicted molar refractivity (Wildman–Crippen MR) is 87.7 cm³/mol. The second-order valence-electron chi connectivity index (χ2n) is 6.12. The Morgan fingerprint density at radius 2 is 2.21 bits per heavy atom. The van der Waals surface area contributed by atoms with E-state index >= 15 is 0 Å². The van der Waals surface area contributed by atoms with Crippen molar-refractivity contribution < 1.29 is 9.66 Å². The highest BCUT2D eigenvalue weighted by Gasteiger charge is 2.43. The molecule has 1 saturated heterocycles. The minimum Gasteiger partial charge on any atom is -0.378 e. The highest BCUT2D eigenvalue weighted by molar-refractivity contribution is 5.54. The Morgan fingerprint density at radius 3 is 3.00 bits per heavy atom. The maximum Gasteiger partial charge on any atom is 0.329 e. The van der Waals surface area contributed by atoms with Gasteiger partial charge in [-0.15, -0.1) is 0 Å². The molecule has 1 aromatic heterocycles. The summed E-state index contributed by atoms with van der Waals surface area (Å²) in [4.78, 5) is 20.5. The van der Waals surface area contributed by atoms with E-state index in [2.05, 4.69) is 22.1 Å². The fourth-order valence-corrected chi connectivity index (χ4v) is 3.60. The molecule has 0 saturated carbocycles. The number of anilines is 2. The van der Waals surface area contributed by atoms with Crippen molar-refractivity contribution in [1.82, 2.24) is 9.97 Å². The van der Waals surface area contributed by atoms with E-state index in [4.69, 9.17) is 10.5 Å². The number of nitrogens with zero attached hydrogens (tertiary/aromatic N) is 4. The quantitative estimate of drug-likeness (QED) is 0.660. The summed E-state index contributed by atoms with van der Waals surface area (Å²) in [5, 5.41) is 10.9. The molecule has 1 spiro atoms. The number of nitro groups is 1. The lowest BCUT2D eigenvalue weighted by Crippen LogP contribution is -2.49.